The summed E-state index contributed by atoms with van der Waals surface area (Å²) < 4.78 is 15.5. The minimum absolute atomic E-state index is 0.0757. The number of likely N-dealkylation sites (N-methyl/N-ethyl adjacent to an activating group) is 1. The van der Waals surface area contributed by atoms with Crippen LogP contribution in [0.1, 0.15) is 0 Å². The first-order chi connectivity index (χ1) is 11.5. The zero-order valence-electron chi connectivity index (χ0n) is 12.9. The minimum atomic E-state index is -0.350. The molecule has 0 unspecified atom stereocenters. The Balaban J connectivity index is 1.92. The van der Waals surface area contributed by atoms with Gasteiger partial charge in [0.15, 0.2) is 5.43 Å². The van der Waals surface area contributed by atoms with Crippen molar-refractivity contribution in [1.29, 1.82) is 0 Å². The van der Waals surface area contributed by atoms with Gasteiger partial charge in [0.25, 0.3) is 0 Å². The van der Waals surface area contributed by atoms with Gasteiger partial charge < -0.3 is 9.47 Å². The Kier molecular flexibility index (Phi) is 4.49. The summed E-state index contributed by atoms with van der Waals surface area (Å²) in [5.74, 6) is -0.522. The SMILES string of the molecule is CN(C(=O)Cn1ccc(=O)c2cc(Br)ccc21)c1ccc(F)cc1. The summed E-state index contributed by atoms with van der Waals surface area (Å²) in [6, 6.07) is 12.5. The minimum Gasteiger partial charge on any atom is -0.338 e. The highest BCUT2D eigenvalue weighted by Gasteiger charge is 2.13. The fourth-order valence-electron chi connectivity index (χ4n) is 2.48. The van der Waals surface area contributed by atoms with Gasteiger partial charge in [-0.3, -0.25) is 9.59 Å². The van der Waals surface area contributed by atoms with Crippen molar-refractivity contribution in [1.82, 2.24) is 4.57 Å². The lowest BCUT2D eigenvalue weighted by Gasteiger charge is -2.19. The Hall–Kier alpha value is -2.47. The lowest BCUT2D eigenvalue weighted by Crippen LogP contribution is -2.30. The first kappa shape index (κ1) is 16.4. The lowest BCUT2D eigenvalue weighted by atomic mass is 10.2. The van der Waals surface area contributed by atoms with Gasteiger partial charge in [0.2, 0.25) is 5.91 Å². The third kappa shape index (κ3) is 3.23. The van der Waals surface area contributed by atoms with Crippen molar-refractivity contribution in [2.75, 3.05) is 11.9 Å². The molecule has 2 aromatic carbocycles. The van der Waals surface area contributed by atoms with Crippen LogP contribution in [0.25, 0.3) is 10.9 Å². The summed E-state index contributed by atoms with van der Waals surface area (Å²) >= 11 is 3.35. The number of anilines is 1. The number of pyridine rings is 1. The standard InChI is InChI=1S/C18H14BrFN2O2/c1-21(14-5-3-13(20)4-6-14)18(24)11-22-9-8-17(23)15-10-12(19)2-7-16(15)22/h2-10H,11H2,1H3. The maximum Gasteiger partial charge on any atom is 0.246 e. The molecular weight excluding hydrogens is 375 g/mol. The number of hydrogen-bond acceptors (Lipinski definition) is 2. The van der Waals surface area contributed by atoms with Gasteiger partial charge in [0.05, 0.1) is 5.52 Å². The van der Waals surface area contributed by atoms with Gasteiger partial charge in [0, 0.05) is 34.9 Å². The zero-order chi connectivity index (χ0) is 17.3. The van der Waals surface area contributed by atoms with Crippen LogP contribution in [0.3, 0.4) is 0 Å². The van der Waals surface area contributed by atoms with Crippen molar-refractivity contribution in [3.63, 3.8) is 0 Å². The second kappa shape index (κ2) is 6.57. The maximum atomic E-state index is 13.0. The highest BCUT2D eigenvalue weighted by atomic mass is 79.9. The van der Waals surface area contributed by atoms with Crippen LogP contribution in [0.2, 0.25) is 0 Å². The summed E-state index contributed by atoms with van der Waals surface area (Å²) in [7, 11) is 1.64. The molecule has 1 heterocycles. The summed E-state index contributed by atoms with van der Waals surface area (Å²) in [6.07, 6.45) is 1.61. The highest BCUT2D eigenvalue weighted by molar-refractivity contribution is 9.10. The summed E-state index contributed by atoms with van der Waals surface area (Å²) in [5, 5.41) is 0.545. The number of hydrogen-bond donors (Lipinski definition) is 0. The molecule has 0 spiro atoms. The van der Waals surface area contributed by atoms with Gasteiger partial charge in [-0.2, -0.15) is 0 Å². The van der Waals surface area contributed by atoms with Crippen LogP contribution in [-0.2, 0) is 11.3 Å². The molecule has 0 aliphatic heterocycles. The number of nitrogens with zero attached hydrogens (tertiary/aromatic N) is 2. The van der Waals surface area contributed by atoms with Gasteiger partial charge >= 0.3 is 0 Å². The molecule has 6 heteroatoms. The van der Waals surface area contributed by atoms with Crippen molar-refractivity contribution in [2.45, 2.75) is 6.54 Å². The first-order valence-electron chi connectivity index (χ1n) is 7.26. The van der Waals surface area contributed by atoms with E-state index in [0.717, 1.165) is 4.47 Å². The van der Waals surface area contributed by atoms with E-state index in [1.54, 1.807) is 42.1 Å². The third-order valence-electron chi connectivity index (χ3n) is 3.83. The van der Waals surface area contributed by atoms with Crippen LogP contribution >= 0.6 is 15.9 Å². The summed E-state index contributed by atoms with van der Waals surface area (Å²) in [4.78, 5) is 26.0. The zero-order valence-corrected chi connectivity index (χ0v) is 14.5. The fourth-order valence-corrected chi connectivity index (χ4v) is 2.84. The Morgan fingerprint density at radius 1 is 1.17 bits per heavy atom. The summed E-state index contributed by atoms with van der Waals surface area (Å²) in [6.45, 7) is 0.0757. The van der Waals surface area contributed by atoms with Crippen LogP contribution in [0, 0.1) is 5.82 Å². The molecule has 0 saturated heterocycles. The van der Waals surface area contributed by atoms with Gasteiger partial charge in [-0.1, -0.05) is 15.9 Å². The Bertz CT molecular complexity index is 967. The number of fused-ring (bicyclic) bond motifs is 1. The lowest BCUT2D eigenvalue weighted by molar-refractivity contribution is -0.118. The predicted molar refractivity (Wildman–Crippen MR) is 95.7 cm³/mol. The van der Waals surface area contributed by atoms with Crippen molar-refractivity contribution < 1.29 is 9.18 Å². The van der Waals surface area contributed by atoms with Crippen LogP contribution in [0.15, 0.2) is 64.0 Å². The quantitative estimate of drug-likeness (QED) is 0.688. The number of halogens is 2. The molecule has 0 aliphatic rings. The number of rotatable bonds is 3. The Morgan fingerprint density at radius 2 is 1.88 bits per heavy atom. The largest absolute Gasteiger partial charge is 0.338 e. The third-order valence-corrected chi connectivity index (χ3v) is 4.33. The van der Waals surface area contributed by atoms with Crippen LogP contribution in [-0.4, -0.2) is 17.5 Å². The molecule has 0 N–H and O–H groups in total. The normalized spacial score (nSPS) is 10.8. The average Bonchev–Trinajstić information content (AvgIpc) is 2.57. The number of carbonyl (C=O) groups excluding carboxylic acids is 1. The van der Waals surface area contributed by atoms with Gasteiger partial charge in [-0.15, -0.1) is 0 Å². The van der Waals surface area contributed by atoms with Crippen LogP contribution < -0.4 is 10.3 Å². The maximum absolute atomic E-state index is 13.0. The molecule has 0 saturated carbocycles. The monoisotopic (exact) mass is 388 g/mol. The van der Waals surface area contributed by atoms with Gasteiger partial charge in [0.1, 0.15) is 12.4 Å². The second-order valence-corrected chi connectivity index (χ2v) is 6.31. The molecular formula is C18H14BrFN2O2. The van der Waals surface area contributed by atoms with Crippen molar-refractivity contribution in [2.24, 2.45) is 0 Å². The molecule has 4 nitrogen and oxygen atoms in total. The van der Waals surface area contributed by atoms with E-state index in [1.807, 2.05) is 6.07 Å². The van der Waals surface area contributed by atoms with Crippen LogP contribution in [0.4, 0.5) is 10.1 Å². The van der Waals surface area contributed by atoms with E-state index < -0.39 is 0 Å². The van der Waals surface area contributed by atoms with Gasteiger partial charge in [-0.05, 0) is 42.5 Å². The van der Waals surface area contributed by atoms with E-state index in [-0.39, 0.29) is 23.7 Å². The number of carbonyl (C=O) groups is 1. The van der Waals surface area contributed by atoms with E-state index in [9.17, 15) is 14.0 Å². The van der Waals surface area contributed by atoms with Crippen molar-refractivity contribution in [3.05, 3.63) is 75.2 Å². The molecule has 0 aliphatic carbocycles. The highest BCUT2D eigenvalue weighted by Crippen LogP contribution is 2.18. The molecule has 0 radical (unpaired) electrons. The number of amides is 1. The topological polar surface area (TPSA) is 42.3 Å². The van der Waals surface area contributed by atoms with E-state index in [2.05, 4.69) is 15.9 Å². The molecule has 1 amide bonds. The van der Waals surface area contributed by atoms with E-state index >= 15 is 0 Å². The van der Waals surface area contributed by atoms with E-state index in [0.29, 0.717) is 16.6 Å². The number of benzene rings is 2. The molecule has 0 atom stereocenters. The summed E-state index contributed by atoms with van der Waals surface area (Å²) in [5.41, 5.74) is 1.20. The molecule has 122 valence electrons. The Morgan fingerprint density at radius 3 is 2.58 bits per heavy atom. The van der Waals surface area contributed by atoms with Crippen LogP contribution in [0.5, 0.6) is 0 Å². The van der Waals surface area contributed by atoms with Gasteiger partial charge in [-0.25, -0.2) is 4.39 Å². The smallest absolute Gasteiger partial charge is 0.246 e. The molecule has 0 bridgehead atoms. The molecule has 3 aromatic rings. The average molecular weight is 389 g/mol. The predicted octanol–water partition coefficient (Wildman–Crippen LogP) is 3.57. The molecule has 24 heavy (non-hydrogen) atoms. The van der Waals surface area contributed by atoms with Crippen molar-refractivity contribution in [3.8, 4) is 0 Å². The molecule has 1 aromatic heterocycles. The number of aromatic nitrogens is 1. The van der Waals surface area contributed by atoms with E-state index in [1.165, 1.54) is 23.1 Å². The van der Waals surface area contributed by atoms with Crippen molar-refractivity contribution >= 4 is 38.4 Å². The molecule has 3 rings (SSSR count). The Labute approximate surface area is 146 Å². The fraction of sp³-hybridized carbons (Fsp3) is 0.111. The van der Waals surface area contributed by atoms with E-state index in [4.69, 9.17) is 0 Å². The second-order valence-electron chi connectivity index (χ2n) is 5.40. The first-order valence-corrected chi connectivity index (χ1v) is 8.06. The molecule has 0 fully saturated rings.